The van der Waals surface area contributed by atoms with E-state index in [1.54, 1.807) is 0 Å². The molecule has 0 atom stereocenters. The van der Waals surface area contributed by atoms with Crippen molar-refractivity contribution in [3.05, 3.63) is 22.0 Å². The molecule has 9 heteroatoms. The van der Waals surface area contributed by atoms with Gasteiger partial charge in [0, 0.05) is 16.7 Å². The van der Waals surface area contributed by atoms with E-state index in [-0.39, 0.29) is 0 Å². The lowest BCUT2D eigenvalue weighted by molar-refractivity contribution is 0.140. The molecule has 0 fully saturated rings. The van der Waals surface area contributed by atoms with Crippen molar-refractivity contribution in [1.82, 2.24) is 4.98 Å². The predicted octanol–water partition coefficient (Wildman–Crippen LogP) is 1.25. The third kappa shape index (κ3) is 2.50. The summed E-state index contributed by atoms with van der Waals surface area (Å²) in [4.78, 5) is 13.1. The lowest BCUT2D eigenvalue weighted by Gasteiger charge is -2.08. The van der Waals surface area contributed by atoms with E-state index in [0.717, 1.165) is 7.11 Å². The van der Waals surface area contributed by atoms with Gasteiger partial charge in [-0.25, -0.2) is 17.2 Å². The Morgan fingerprint density at radius 3 is 2.44 bits per heavy atom. The molecule has 0 saturated heterocycles. The Morgan fingerprint density at radius 1 is 1.50 bits per heavy atom. The summed E-state index contributed by atoms with van der Waals surface area (Å²) in [6.07, 6.45) is -3.08. The van der Waals surface area contributed by atoms with Crippen molar-refractivity contribution in [3.63, 3.8) is 0 Å². The zero-order valence-corrected chi connectivity index (χ0v) is 9.40. The lowest BCUT2D eigenvalue weighted by atomic mass is 10.3. The molecule has 5 nitrogen and oxygen atoms in total. The monoisotopic (exact) mass is 273 g/mol. The quantitative estimate of drug-likeness (QED) is 0.841. The van der Waals surface area contributed by atoms with Crippen molar-refractivity contribution in [1.29, 1.82) is 0 Å². The molecule has 0 aliphatic rings. The van der Waals surface area contributed by atoms with Crippen LogP contribution in [-0.2, 0) is 9.05 Å². The van der Waals surface area contributed by atoms with E-state index in [4.69, 9.17) is 10.7 Å². The van der Waals surface area contributed by atoms with Crippen LogP contribution < -0.4 is 10.2 Å². The van der Waals surface area contributed by atoms with Crippen molar-refractivity contribution in [3.8, 4) is 5.75 Å². The van der Waals surface area contributed by atoms with Gasteiger partial charge < -0.3 is 9.72 Å². The molecular formula is C7H6ClF2NO4S. The number of hydrogen-bond acceptors (Lipinski definition) is 4. The normalized spacial score (nSPS) is 11.8. The highest BCUT2D eigenvalue weighted by Gasteiger charge is 2.22. The molecule has 1 aromatic rings. The highest BCUT2D eigenvalue weighted by Crippen LogP contribution is 2.25. The zero-order chi connectivity index (χ0) is 12.5. The van der Waals surface area contributed by atoms with Crippen molar-refractivity contribution >= 4 is 19.7 Å². The van der Waals surface area contributed by atoms with Crippen molar-refractivity contribution in [2.75, 3.05) is 7.11 Å². The number of aromatic nitrogens is 1. The predicted molar refractivity (Wildman–Crippen MR) is 51.6 cm³/mol. The Balaban J connectivity index is 3.59. The molecule has 0 aliphatic carbocycles. The Kier molecular flexibility index (Phi) is 3.54. The number of halogens is 3. The van der Waals surface area contributed by atoms with E-state index in [2.05, 4.69) is 4.74 Å². The third-order valence-electron chi connectivity index (χ3n) is 1.67. The van der Waals surface area contributed by atoms with Crippen molar-refractivity contribution < 1.29 is 21.9 Å². The van der Waals surface area contributed by atoms with Gasteiger partial charge in [0.15, 0.2) is 10.8 Å². The number of H-pyrrole nitrogens is 1. The molecule has 0 amide bonds. The summed E-state index contributed by atoms with van der Waals surface area (Å²) in [6, 6.07) is 0.576. The van der Waals surface area contributed by atoms with Crippen LogP contribution in [0.3, 0.4) is 0 Å². The molecule has 16 heavy (non-hydrogen) atoms. The first kappa shape index (κ1) is 12.9. The molecule has 0 radical (unpaired) electrons. The summed E-state index contributed by atoms with van der Waals surface area (Å²) in [5.41, 5.74) is -1.91. The molecule has 0 aliphatic heterocycles. The fourth-order valence-electron chi connectivity index (χ4n) is 1.04. The third-order valence-corrected chi connectivity index (χ3v) is 2.92. The first-order chi connectivity index (χ1) is 7.27. The second-order valence-corrected chi connectivity index (χ2v) is 5.22. The van der Waals surface area contributed by atoms with E-state index in [1.165, 1.54) is 0 Å². The highest BCUT2D eigenvalue weighted by molar-refractivity contribution is 8.13. The minimum Gasteiger partial charge on any atom is -0.491 e. The lowest BCUT2D eigenvalue weighted by Crippen LogP contribution is -2.13. The summed E-state index contributed by atoms with van der Waals surface area (Å²) in [5.74, 6) is -0.640. The van der Waals surface area contributed by atoms with Crippen LogP contribution in [0.1, 0.15) is 12.1 Å². The number of alkyl halides is 2. The second-order valence-electron chi connectivity index (χ2n) is 2.68. The van der Waals surface area contributed by atoms with E-state index in [1.807, 2.05) is 4.98 Å². The first-order valence-corrected chi connectivity index (χ1v) is 6.12. The summed E-state index contributed by atoms with van der Waals surface area (Å²) < 4.78 is 51.1. The summed E-state index contributed by atoms with van der Waals surface area (Å²) in [6.45, 7) is 0. The van der Waals surface area contributed by atoms with Gasteiger partial charge >= 0.3 is 0 Å². The minimum absolute atomic E-state index is 0.576. The Bertz CT molecular complexity index is 554. The van der Waals surface area contributed by atoms with E-state index < -0.39 is 37.4 Å². The maximum absolute atomic E-state index is 12.5. The standard InChI is InChI=1S/C7H6ClF2NO4S/c1-15-6-3(12)2-4(16(8,13)14)11-5(6)7(9)10/h2,7H,1H3,(H,11,12). The molecule has 90 valence electrons. The van der Waals surface area contributed by atoms with Gasteiger partial charge in [0.25, 0.3) is 15.5 Å². The van der Waals surface area contributed by atoms with Gasteiger partial charge in [0.05, 0.1) is 7.11 Å². The van der Waals surface area contributed by atoms with Crippen LogP contribution in [-0.4, -0.2) is 20.5 Å². The molecule has 1 aromatic heterocycles. The maximum Gasteiger partial charge on any atom is 0.282 e. The van der Waals surface area contributed by atoms with Crippen LogP contribution in [0.15, 0.2) is 15.9 Å². The average Bonchev–Trinajstić information content (AvgIpc) is 2.14. The average molecular weight is 274 g/mol. The number of rotatable bonds is 3. The van der Waals surface area contributed by atoms with Gasteiger partial charge in [-0.3, -0.25) is 4.79 Å². The van der Waals surface area contributed by atoms with E-state index in [9.17, 15) is 22.0 Å². The van der Waals surface area contributed by atoms with Gasteiger partial charge in [-0.2, -0.15) is 0 Å². The van der Waals surface area contributed by atoms with Crippen LogP contribution in [0.25, 0.3) is 0 Å². The highest BCUT2D eigenvalue weighted by atomic mass is 35.7. The Hall–Kier alpha value is -1.15. The van der Waals surface area contributed by atoms with Crippen LogP contribution in [0.4, 0.5) is 8.78 Å². The molecular weight excluding hydrogens is 268 g/mol. The molecule has 0 bridgehead atoms. The number of nitrogens with one attached hydrogen (secondary N) is 1. The zero-order valence-electron chi connectivity index (χ0n) is 7.83. The molecule has 1 heterocycles. The number of pyridine rings is 1. The van der Waals surface area contributed by atoms with E-state index in [0.29, 0.717) is 6.07 Å². The van der Waals surface area contributed by atoms with Crippen molar-refractivity contribution in [2.24, 2.45) is 0 Å². The topological polar surface area (TPSA) is 76.2 Å². The van der Waals surface area contributed by atoms with Gasteiger partial charge in [-0.15, -0.1) is 0 Å². The smallest absolute Gasteiger partial charge is 0.282 e. The number of hydrogen-bond donors (Lipinski definition) is 1. The minimum atomic E-state index is -4.28. The van der Waals surface area contributed by atoms with Crippen molar-refractivity contribution in [2.45, 2.75) is 11.5 Å². The van der Waals surface area contributed by atoms with Crippen LogP contribution in [0.2, 0.25) is 0 Å². The van der Waals surface area contributed by atoms with Gasteiger partial charge in [-0.05, 0) is 0 Å². The summed E-state index contributed by atoms with van der Waals surface area (Å²) in [5, 5.41) is -0.796. The molecule has 0 aromatic carbocycles. The van der Waals surface area contributed by atoms with Crippen LogP contribution >= 0.6 is 10.7 Å². The number of methoxy groups -OCH3 is 1. The maximum atomic E-state index is 12.5. The molecule has 0 unspecified atom stereocenters. The van der Waals surface area contributed by atoms with E-state index >= 15 is 0 Å². The Morgan fingerprint density at radius 2 is 2.06 bits per heavy atom. The molecule has 1 N–H and O–H groups in total. The van der Waals surface area contributed by atoms with Gasteiger partial charge in [0.2, 0.25) is 5.43 Å². The van der Waals surface area contributed by atoms with Crippen LogP contribution in [0.5, 0.6) is 5.75 Å². The van der Waals surface area contributed by atoms with Gasteiger partial charge in [-0.1, -0.05) is 0 Å². The largest absolute Gasteiger partial charge is 0.491 e. The fourth-order valence-corrected chi connectivity index (χ4v) is 1.77. The van der Waals surface area contributed by atoms with Gasteiger partial charge in [0.1, 0.15) is 5.69 Å². The Labute approximate surface area is 93.4 Å². The SMILES string of the molecule is COc1c(C(F)F)[nH]c(S(=O)(=O)Cl)cc1=O. The fraction of sp³-hybridized carbons (Fsp3) is 0.286. The number of ether oxygens (including phenoxy) is 1. The second kappa shape index (κ2) is 4.38. The number of aromatic amines is 1. The molecule has 1 rings (SSSR count). The molecule has 0 saturated carbocycles. The first-order valence-electron chi connectivity index (χ1n) is 3.81. The summed E-state index contributed by atoms with van der Waals surface area (Å²) in [7, 11) is 1.66. The molecule has 0 spiro atoms. The van der Waals surface area contributed by atoms with Crippen LogP contribution in [0, 0.1) is 0 Å². The summed E-state index contributed by atoms with van der Waals surface area (Å²) >= 11 is 0.